The number of allylic oxidation sites excluding steroid dienone is 5. The smallest absolute Gasteiger partial charge is 0.125 e. The van der Waals surface area contributed by atoms with Gasteiger partial charge in [0, 0.05) is 12.1 Å². The van der Waals surface area contributed by atoms with Gasteiger partial charge in [0.15, 0.2) is 0 Å². The highest BCUT2D eigenvalue weighted by Crippen LogP contribution is 2.42. The zero-order valence-corrected chi connectivity index (χ0v) is 27.0. The van der Waals surface area contributed by atoms with Crippen molar-refractivity contribution in [3.05, 3.63) is 92.6 Å². The molecule has 0 saturated carbocycles. The van der Waals surface area contributed by atoms with Crippen molar-refractivity contribution in [2.75, 3.05) is 6.54 Å². The molecule has 0 heterocycles. The first-order chi connectivity index (χ1) is 17.9. The lowest BCUT2D eigenvalue weighted by molar-refractivity contribution is 0.564. The van der Waals surface area contributed by atoms with Crippen LogP contribution >= 0.6 is 12.6 Å². The molecule has 0 spiro atoms. The largest absolute Gasteiger partial charge is 0.326 e. The van der Waals surface area contributed by atoms with Crippen molar-refractivity contribution in [3.8, 4) is 0 Å². The summed E-state index contributed by atoms with van der Waals surface area (Å²) in [4.78, 5) is 11.6. The Kier molecular flexibility index (Phi) is 15.6. The van der Waals surface area contributed by atoms with Crippen molar-refractivity contribution in [1.29, 1.82) is 0 Å². The van der Waals surface area contributed by atoms with E-state index in [1.807, 2.05) is 48.5 Å². The Bertz CT molecular complexity index is 1150. The van der Waals surface area contributed by atoms with Crippen LogP contribution < -0.4 is 5.73 Å². The highest BCUT2D eigenvalue weighted by molar-refractivity contribution is 7.82. The van der Waals surface area contributed by atoms with Crippen molar-refractivity contribution in [2.45, 2.75) is 107 Å². The molecular weight excluding hydrogens is 482 g/mol. The molecule has 1 aromatic rings. The van der Waals surface area contributed by atoms with Crippen molar-refractivity contribution in [2.24, 2.45) is 5.73 Å². The van der Waals surface area contributed by atoms with E-state index in [-0.39, 0.29) is 0 Å². The molecule has 0 fully saturated rings. The molecule has 2 nitrogen and oxygen atoms in total. The van der Waals surface area contributed by atoms with Crippen LogP contribution in [-0.4, -0.2) is 17.2 Å². The summed E-state index contributed by atoms with van der Waals surface area (Å²) < 4.78 is -0.729. The maximum atomic E-state index is 11.6. The highest BCUT2D eigenvalue weighted by atomic mass is 32.1. The Hall–Kier alpha value is -2.32. The quantitative estimate of drug-likeness (QED) is 0.198. The lowest BCUT2D eigenvalue weighted by atomic mass is 9.78. The Morgan fingerprint density at radius 3 is 2.08 bits per heavy atom. The van der Waals surface area contributed by atoms with E-state index in [2.05, 4.69) is 58.1 Å². The number of rotatable bonds is 8. The summed E-state index contributed by atoms with van der Waals surface area (Å²) in [5, 5.41) is 0. The fourth-order valence-corrected chi connectivity index (χ4v) is 5.24. The van der Waals surface area contributed by atoms with Gasteiger partial charge >= 0.3 is 0 Å². The summed E-state index contributed by atoms with van der Waals surface area (Å²) in [7, 11) is 0. The van der Waals surface area contributed by atoms with Crippen LogP contribution in [0.15, 0.2) is 70.4 Å². The normalized spacial score (nSPS) is 16.2. The predicted octanol–water partition coefficient (Wildman–Crippen LogP) is 9.66. The number of thiol groups is 1. The lowest BCUT2D eigenvalue weighted by Crippen LogP contribution is -2.26. The molecule has 0 unspecified atom stereocenters. The van der Waals surface area contributed by atoms with Gasteiger partial charge in [-0.1, -0.05) is 71.6 Å². The SMILES string of the molecule is C=C(C)/C(C)=C(\C=C(/C)C(=C)/C(CN)=C1/CCCc2c(C)ccc(C)c21)[C@@](S)(CC)C(C)=C=O.CC.CC. The minimum Gasteiger partial charge on any atom is -0.326 e. The number of aryl methyl sites for hydroxylation is 2. The van der Waals surface area contributed by atoms with Crippen molar-refractivity contribution < 1.29 is 4.79 Å². The van der Waals surface area contributed by atoms with Crippen molar-refractivity contribution >= 4 is 24.1 Å². The molecule has 0 amide bonds. The Morgan fingerprint density at radius 1 is 1.05 bits per heavy atom. The number of hydrogen-bond donors (Lipinski definition) is 2. The molecule has 1 atom stereocenters. The molecule has 1 aliphatic carbocycles. The average molecular weight is 536 g/mol. The zero-order valence-electron chi connectivity index (χ0n) is 26.1. The summed E-state index contributed by atoms with van der Waals surface area (Å²) in [5.74, 6) is 2.09. The van der Waals surface area contributed by atoms with Crippen LogP contribution in [-0.2, 0) is 11.2 Å². The number of nitrogens with two attached hydrogens (primary N) is 1. The molecule has 1 aliphatic rings. The molecule has 0 aromatic heterocycles. The second kappa shape index (κ2) is 16.6. The van der Waals surface area contributed by atoms with E-state index in [4.69, 9.17) is 18.4 Å². The van der Waals surface area contributed by atoms with Gasteiger partial charge in [-0.2, -0.15) is 12.6 Å². The first kappa shape index (κ1) is 35.7. The van der Waals surface area contributed by atoms with E-state index in [0.29, 0.717) is 18.5 Å². The number of carbonyl (C=O) groups excluding carboxylic acids is 1. The van der Waals surface area contributed by atoms with Gasteiger partial charge in [-0.25, -0.2) is 4.79 Å². The predicted molar refractivity (Wildman–Crippen MR) is 175 cm³/mol. The second-order valence-corrected chi connectivity index (χ2v) is 10.4. The topological polar surface area (TPSA) is 43.1 Å². The van der Waals surface area contributed by atoms with Gasteiger partial charge in [0.25, 0.3) is 0 Å². The molecule has 210 valence electrons. The molecule has 0 bridgehead atoms. The van der Waals surface area contributed by atoms with Gasteiger partial charge in [0.2, 0.25) is 0 Å². The van der Waals surface area contributed by atoms with Gasteiger partial charge in [-0.05, 0) is 123 Å². The summed E-state index contributed by atoms with van der Waals surface area (Å²) in [6.45, 7) is 31.4. The van der Waals surface area contributed by atoms with Crippen molar-refractivity contribution in [3.63, 3.8) is 0 Å². The van der Waals surface area contributed by atoms with E-state index < -0.39 is 4.75 Å². The van der Waals surface area contributed by atoms with Crippen LogP contribution in [0, 0.1) is 13.8 Å². The summed E-state index contributed by atoms with van der Waals surface area (Å²) in [6, 6.07) is 4.43. The maximum absolute atomic E-state index is 11.6. The fourth-order valence-electron chi connectivity index (χ4n) is 4.96. The first-order valence-corrected chi connectivity index (χ1v) is 14.6. The van der Waals surface area contributed by atoms with Gasteiger partial charge in [-0.15, -0.1) is 0 Å². The lowest BCUT2D eigenvalue weighted by Gasteiger charge is -2.31. The fraction of sp³-hybridized carbons (Fsp3) is 0.486. The monoisotopic (exact) mass is 535 g/mol. The van der Waals surface area contributed by atoms with E-state index in [1.165, 1.54) is 27.8 Å². The molecule has 0 radical (unpaired) electrons. The maximum Gasteiger partial charge on any atom is 0.125 e. The third-order valence-electron chi connectivity index (χ3n) is 7.46. The molecule has 2 rings (SSSR count). The standard InChI is InChI=1S/C31H41NOS.2C2H6/c1-10-31(34,23(7)18-33)29(24(8)19(2)3)16-22(6)25(9)28(17-32)27-13-11-12-26-20(4)14-15-21(5)30(26)27;2*1-2/h14-16,34H,2,9-13,17,32H2,1,3-8H3;2*1-2H3/b22-16+,28-27-,29-24+;;/t31-;;/m1../s1. The molecular formula is C35H53NOS. The third-order valence-corrected chi connectivity index (χ3v) is 8.35. The Morgan fingerprint density at radius 2 is 1.61 bits per heavy atom. The summed E-state index contributed by atoms with van der Waals surface area (Å²) >= 11 is 4.99. The average Bonchev–Trinajstić information content (AvgIpc) is 2.94. The molecule has 0 aliphatic heterocycles. The van der Waals surface area contributed by atoms with Crippen LogP contribution in [0.4, 0.5) is 0 Å². The minimum atomic E-state index is -0.729. The Labute approximate surface area is 240 Å². The molecule has 3 heteroatoms. The van der Waals surface area contributed by atoms with E-state index in [1.54, 1.807) is 6.92 Å². The van der Waals surface area contributed by atoms with Crippen LogP contribution in [0.5, 0.6) is 0 Å². The molecule has 0 saturated heterocycles. The number of fused-ring (bicyclic) bond motifs is 1. The number of benzene rings is 1. The van der Waals surface area contributed by atoms with Crippen LogP contribution in [0.2, 0.25) is 0 Å². The molecule has 1 aromatic carbocycles. The molecule has 2 N–H and O–H groups in total. The highest BCUT2D eigenvalue weighted by Gasteiger charge is 2.32. The Balaban J connectivity index is 0.00000326. The van der Waals surface area contributed by atoms with Crippen LogP contribution in [0.1, 0.15) is 104 Å². The van der Waals surface area contributed by atoms with E-state index in [0.717, 1.165) is 52.7 Å². The van der Waals surface area contributed by atoms with Crippen molar-refractivity contribution in [1.82, 2.24) is 0 Å². The van der Waals surface area contributed by atoms with E-state index in [9.17, 15) is 4.79 Å². The van der Waals surface area contributed by atoms with Crippen LogP contribution in [0.25, 0.3) is 5.57 Å². The van der Waals surface area contributed by atoms with Gasteiger partial charge < -0.3 is 5.73 Å². The van der Waals surface area contributed by atoms with Gasteiger partial charge in [0.1, 0.15) is 5.94 Å². The number of hydrogen-bond acceptors (Lipinski definition) is 3. The van der Waals surface area contributed by atoms with Gasteiger partial charge in [0.05, 0.1) is 4.75 Å². The van der Waals surface area contributed by atoms with Crippen LogP contribution in [0.3, 0.4) is 0 Å². The third kappa shape index (κ3) is 7.85. The van der Waals surface area contributed by atoms with Gasteiger partial charge in [-0.3, -0.25) is 0 Å². The first-order valence-electron chi connectivity index (χ1n) is 14.2. The molecule has 38 heavy (non-hydrogen) atoms. The second-order valence-electron chi connectivity index (χ2n) is 9.63. The summed E-state index contributed by atoms with van der Waals surface area (Å²) in [5.41, 5.74) is 19.7. The zero-order chi connectivity index (χ0) is 29.8. The minimum absolute atomic E-state index is 0.428. The summed E-state index contributed by atoms with van der Waals surface area (Å²) in [6.07, 6.45) is 6.00. The van der Waals surface area contributed by atoms with E-state index >= 15 is 0 Å².